The molecule has 1 aromatic carbocycles. The molecule has 0 saturated heterocycles. The SMILES string of the molecule is CCC(C)N(CC)c1nc2ccc(N)cc2o1. The van der Waals surface area contributed by atoms with Gasteiger partial charge in [-0.3, -0.25) is 0 Å². The molecule has 0 aliphatic carbocycles. The monoisotopic (exact) mass is 233 g/mol. The minimum absolute atomic E-state index is 0.422. The van der Waals surface area contributed by atoms with Crippen LogP contribution < -0.4 is 10.6 Å². The van der Waals surface area contributed by atoms with Gasteiger partial charge in [0.15, 0.2) is 5.58 Å². The first-order valence-electron chi connectivity index (χ1n) is 6.08. The number of rotatable bonds is 4. The zero-order valence-electron chi connectivity index (χ0n) is 10.6. The number of nitrogens with zero attached hydrogens (tertiary/aromatic N) is 2. The molecule has 0 aliphatic rings. The first-order chi connectivity index (χ1) is 8.15. The predicted molar refractivity (Wildman–Crippen MR) is 71.2 cm³/mol. The summed E-state index contributed by atoms with van der Waals surface area (Å²) in [6.45, 7) is 7.33. The molecule has 2 rings (SSSR count). The minimum atomic E-state index is 0.422. The van der Waals surface area contributed by atoms with Crippen LogP contribution in [-0.4, -0.2) is 17.6 Å². The van der Waals surface area contributed by atoms with Gasteiger partial charge in [-0.2, -0.15) is 4.98 Å². The smallest absolute Gasteiger partial charge is 0.298 e. The van der Waals surface area contributed by atoms with E-state index in [4.69, 9.17) is 10.2 Å². The highest BCUT2D eigenvalue weighted by atomic mass is 16.4. The molecule has 92 valence electrons. The van der Waals surface area contributed by atoms with Crippen LogP contribution in [0.5, 0.6) is 0 Å². The molecule has 4 nitrogen and oxygen atoms in total. The first-order valence-corrected chi connectivity index (χ1v) is 6.08. The number of hydrogen-bond donors (Lipinski definition) is 1. The summed E-state index contributed by atoms with van der Waals surface area (Å²) in [6.07, 6.45) is 1.06. The number of benzene rings is 1. The van der Waals surface area contributed by atoms with E-state index in [9.17, 15) is 0 Å². The molecule has 0 amide bonds. The Morgan fingerprint density at radius 3 is 2.82 bits per heavy atom. The van der Waals surface area contributed by atoms with Crippen LogP contribution in [0.4, 0.5) is 11.7 Å². The van der Waals surface area contributed by atoms with Crippen LogP contribution in [0.3, 0.4) is 0 Å². The maximum atomic E-state index is 5.76. The topological polar surface area (TPSA) is 55.3 Å². The van der Waals surface area contributed by atoms with Crippen molar-refractivity contribution in [2.24, 2.45) is 0 Å². The second kappa shape index (κ2) is 4.65. The van der Waals surface area contributed by atoms with E-state index in [1.807, 2.05) is 18.2 Å². The van der Waals surface area contributed by atoms with E-state index in [2.05, 4.69) is 30.7 Å². The molecule has 0 aliphatic heterocycles. The van der Waals surface area contributed by atoms with Gasteiger partial charge in [0, 0.05) is 24.3 Å². The number of hydrogen-bond acceptors (Lipinski definition) is 4. The van der Waals surface area contributed by atoms with Crippen LogP contribution in [0, 0.1) is 0 Å². The van der Waals surface area contributed by atoms with Crippen LogP contribution in [0.15, 0.2) is 22.6 Å². The van der Waals surface area contributed by atoms with E-state index >= 15 is 0 Å². The third kappa shape index (κ3) is 2.20. The molecule has 1 atom stereocenters. The molecule has 0 fully saturated rings. The highest BCUT2D eigenvalue weighted by molar-refractivity contribution is 5.78. The summed E-state index contributed by atoms with van der Waals surface area (Å²) in [7, 11) is 0. The fourth-order valence-electron chi connectivity index (χ4n) is 1.91. The summed E-state index contributed by atoms with van der Waals surface area (Å²) in [6, 6.07) is 6.65. The van der Waals surface area contributed by atoms with Crippen molar-refractivity contribution in [3.8, 4) is 0 Å². The van der Waals surface area contributed by atoms with Crippen LogP contribution >= 0.6 is 0 Å². The first kappa shape index (κ1) is 11.8. The van der Waals surface area contributed by atoms with Gasteiger partial charge in [0.2, 0.25) is 0 Å². The number of nitrogens with two attached hydrogens (primary N) is 1. The normalized spacial score (nSPS) is 12.9. The maximum Gasteiger partial charge on any atom is 0.298 e. The Morgan fingerprint density at radius 1 is 1.41 bits per heavy atom. The molecule has 0 bridgehead atoms. The number of fused-ring (bicyclic) bond motifs is 1. The molecule has 0 saturated carbocycles. The summed E-state index contributed by atoms with van der Waals surface area (Å²) in [5.74, 6) is 0. The van der Waals surface area contributed by atoms with Gasteiger partial charge in [0.1, 0.15) is 5.52 Å². The lowest BCUT2D eigenvalue weighted by atomic mass is 10.2. The average Bonchev–Trinajstić information content (AvgIpc) is 2.72. The van der Waals surface area contributed by atoms with Gasteiger partial charge in [-0.25, -0.2) is 0 Å². The summed E-state index contributed by atoms with van der Waals surface area (Å²) in [5, 5.41) is 0. The Morgan fingerprint density at radius 2 is 2.18 bits per heavy atom. The Hall–Kier alpha value is -1.71. The van der Waals surface area contributed by atoms with E-state index in [-0.39, 0.29) is 0 Å². The Balaban J connectivity index is 2.41. The summed E-state index contributed by atoms with van der Waals surface area (Å²) in [5.41, 5.74) is 8.04. The van der Waals surface area contributed by atoms with E-state index in [0.717, 1.165) is 24.1 Å². The van der Waals surface area contributed by atoms with Crippen molar-refractivity contribution in [2.75, 3.05) is 17.2 Å². The highest BCUT2D eigenvalue weighted by Gasteiger charge is 2.17. The van der Waals surface area contributed by atoms with Gasteiger partial charge >= 0.3 is 0 Å². The van der Waals surface area contributed by atoms with E-state index < -0.39 is 0 Å². The van der Waals surface area contributed by atoms with E-state index in [1.54, 1.807) is 0 Å². The van der Waals surface area contributed by atoms with Crippen molar-refractivity contribution in [2.45, 2.75) is 33.2 Å². The second-order valence-corrected chi connectivity index (χ2v) is 4.27. The molecule has 0 radical (unpaired) electrons. The van der Waals surface area contributed by atoms with Gasteiger partial charge in [0.05, 0.1) is 0 Å². The van der Waals surface area contributed by atoms with Crippen molar-refractivity contribution in [3.63, 3.8) is 0 Å². The van der Waals surface area contributed by atoms with E-state index in [0.29, 0.717) is 17.7 Å². The number of aromatic nitrogens is 1. The van der Waals surface area contributed by atoms with Gasteiger partial charge in [-0.1, -0.05) is 6.92 Å². The number of oxazole rings is 1. The zero-order valence-corrected chi connectivity index (χ0v) is 10.6. The van der Waals surface area contributed by atoms with Gasteiger partial charge in [-0.05, 0) is 32.4 Å². The Labute approximate surface area is 101 Å². The molecule has 1 aromatic heterocycles. The molecule has 0 spiro atoms. The highest BCUT2D eigenvalue weighted by Crippen LogP contribution is 2.25. The molecular formula is C13H19N3O. The lowest BCUT2D eigenvalue weighted by molar-refractivity contribution is 0.524. The number of anilines is 2. The van der Waals surface area contributed by atoms with Crippen molar-refractivity contribution in [3.05, 3.63) is 18.2 Å². The van der Waals surface area contributed by atoms with Gasteiger partial charge in [0.25, 0.3) is 6.01 Å². The van der Waals surface area contributed by atoms with Gasteiger partial charge < -0.3 is 15.1 Å². The van der Waals surface area contributed by atoms with Crippen LogP contribution in [0.1, 0.15) is 27.2 Å². The molecule has 1 heterocycles. The fraction of sp³-hybridized carbons (Fsp3) is 0.462. The molecular weight excluding hydrogens is 214 g/mol. The maximum absolute atomic E-state index is 5.76. The summed E-state index contributed by atoms with van der Waals surface area (Å²) >= 11 is 0. The predicted octanol–water partition coefficient (Wildman–Crippen LogP) is 3.03. The second-order valence-electron chi connectivity index (χ2n) is 4.27. The Kier molecular flexibility index (Phi) is 3.22. The Bertz CT molecular complexity index is 506. The lowest BCUT2D eigenvalue weighted by Crippen LogP contribution is -2.32. The van der Waals surface area contributed by atoms with Crippen LogP contribution in [0.25, 0.3) is 11.1 Å². The van der Waals surface area contributed by atoms with Crippen LogP contribution in [-0.2, 0) is 0 Å². The molecule has 1 unspecified atom stereocenters. The zero-order chi connectivity index (χ0) is 12.4. The molecule has 2 aromatic rings. The summed E-state index contributed by atoms with van der Waals surface area (Å²) < 4.78 is 5.76. The minimum Gasteiger partial charge on any atom is -0.423 e. The standard InChI is InChI=1S/C13H19N3O/c1-4-9(3)16(5-2)13-15-11-7-6-10(14)8-12(11)17-13/h6-9H,4-5,14H2,1-3H3. The van der Waals surface area contributed by atoms with Crippen molar-refractivity contribution in [1.82, 2.24) is 4.98 Å². The van der Waals surface area contributed by atoms with E-state index in [1.165, 1.54) is 0 Å². The fourth-order valence-corrected chi connectivity index (χ4v) is 1.91. The van der Waals surface area contributed by atoms with Crippen molar-refractivity contribution >= 4 is 22.8 Å². The summed E-state index contributed by atoms with van der Waals surface area (Å²) in [4.78, 5) is 6.66. The number of nitrogen functional groups attached to an aromatic ring is 1. The largest absolute Gasteiger partial charge is 0.423 e. The average molecular weight is 233 g/mol. The lowest BCUT2D eigenvalue weighted by Gasteiger charge is -2.24. The molecule has 2 N–H and O–H groups in total. The van der Waals surface area contributed by atoms with Crippen LogP contribution in [0.2, 0.25) is 0 Å². The third-order valence-electron chi connectivity index (χ3n) is 3.11. The van der Waals surface area contributed by atoms with Gasteiger partial charge in [-0.15, -0.1) is 0 Å². The molecule has 4 heteroatoms. The van der Waals surface area contributed by atoms with Crippen molar-refractivity contribution < 1.29 is 4.42 Å². The van der Waals surface area contributed by atoms with Crippen molar-refractivity contribution in [1.29, 1.82) is 0 Å². The third-order valence-corrected chi connectivity index (χ3v) is 3.11. The quantitative estimate of drug-likeness (QED) is 0.825. The molecule has 17 heavy (non-hydrogen) atoms.